The summed E-state index contributed by atoms with van der Waals surface area (Å²) in [5.74, 6) is 0.694. The molecule has 0 saturated heterocycles. The molecule has 6 heteroatoms. The van der Waals surface area contributed by atoms with Gasteiger partial charge in [0.15, 0.2) is 5.82 Å². The van der Waals surface area contributed by atoms with Gasteiger partial charge < -0.3 is 5.32 Å². The predicted molar refractivity (Wildman–Crippen MR) is 63.1 cm³/mol. The maximum atomic E-state index is 3.90. The molecule has 0 radical (unpaired) electrons. The van der Waals surface area contributed by atoms with E-state index in [0.717, 1.165) is 6.42 Å². The van der Waals surface area contributed by atoms with Gasteiger partial charge in [-0.15, -0.1) is 21.5 Å². The van der Waals surface area contributed by atoms with Crippen molar-refractivity contribution in [1.29, 1.82) is 0 Å². The first-order valence-electron chi connectivity index (χ1n) is 5.34. The van der Waals surface area contributed by atoms with Crippen LogP contribution in [0.1, 0.15) is 35.5 Å². The summed E-state index contributed by atoms with van der Waals surface area (Å²) in [7, 11) is 0. The summed E-state index contributed by atoms with van der Waals surface area (Å²) in [5.41, 5.74) is 0. The van der Waals surface area contributed by atoms with Gasteiger partial charge in [-0.3, -0.25) is 0 Å². The van der Waals surface area contributed by atoms with E-state index in [0.29, 0.717) is 18.4 Å². The lowest BCUT2D eigenvalue weighted by molar-refractivity contribution is 0.567. The maximum absolute atomic E-state index is 3.90. The molecule has 1 unspecified atom stereocenters. The van der Waals surface area contributed by atoms with Crippen molar-refractivity contribution in [2.24, 2.45) is 0 Å². The van der Waals surface area contributed by atoms with E-state index in [-0.39, 0.29) is 0 Å². The van der Waals surface area contributed by atoms with Crippen LogP contribution >= 0.6 is 11.3 Å². The molecule has 0 amide bonds. The third kappa shape index (κ3) is 2.65. The molecule has 16 heavy (non-hydrogen) atoms. The molecule has 0 fully saturated rings. The summed E-state index contributed by atoms with van der Waals surface area (Å²) in [4.78, 5) is 2.77. The normalized spacial score (nSPS) is 12.9. The fraction of sp³-hybridized carbons (Fsp3) is 0.500. The van der Waals surface area contributed by atoms with Crippen LogP contribution in [0.4, 0.5) is 0 Å². The standard InChI is InChI=1S/C10H15N5S/c1-3-8-4-5-9(16-8)7(2)11-6-10-12-14-15-13-10/h4-5,7,11H,3,6H2,1-2H3,(H,12,13,14,15). The van der Waals surface area contributed by atoms with Crippen molar-refractivity contribution < 1.29 is 0 Å². The Bertz CT molecular complexity index is 422. The first kappa shape index (κ1) is 11.2. The summed E-state index contributed by atoms with van der Waals surface area (Å²) in [5, 5.41) is 17.1. The van der Waals surface area contributed by atoms with Gasteiger partial charge in [-0.05, 0) is 25.5 Å². The second kappa shape index (κ2) is 5.18. The van der Waals surface area contributed by atoms with E-state index < -0.39 is 0 Å². The van der Waals surface area contributed by atoms with Gasteiger partial charge in [-0.25, -0.2) is 0 Å². The fourth-order valence-electron chi connectivity index (χ4n) is 1.42. The van der Waals surface area contributed by atoms with Crippen LogP contribution in [0.3, 0.4) is 0 Å². The summed E-state index contributed by atoms with van der Waals surface area (Å²) in [6.07, 6.45) is 1.10. The average molecular weight is 237 g/mol. The lowest BCUT2D eigenvalue weighted by Crippen LogP contribution is -2.18. The second-order valence-corrected chi connectivity index (χ2v) is 4.79. The van der Waals surface area contributed by atoms with Crippen LogP contribution in [0, 0.1) is 0 Å². The van der Waals surface area contributed by atoms with Gasteiger partial charge in [0.1, 0.15) is 0 Å². The van der Waals surface area contributed by atoms with Crippen molar-refractivity contribution in [3.8, 4) is 0 Å². The Balaban J connectivity index is 1.90. The molecule has 0 spiro atoms. The number of aromatic nitrogens is 4. The monoisotopic (exact) mass is 237 g/mol. The van der Waals surface area contributed by atoms with E-state index in [2.05, 4.69) is 51.9 Å². The lowest BCUT2D eigenvalue weighted by Gasteiger charge is -2.09. The van der Waals surface area contributed by atoms with Crippen LogP contribution in [0.2, 0.25) is 0 Å². The topological polar surface area (TPSA) is 66.5 Å². The SMILES string of the molecule is CCc1ccc(C(C)NCc2nn[nH]n2)s1. The number of H-pyrrole nitrogens is 1. The van der Waals surface area contributed by atoms with E-state index in [1.54, 1.807) is 0 Å². The van der Waals surface area contributed by atoms with Crippen LogP contribution in [0.5, 0.6) is 0 Å². The highest BCUT2D eigenvalue weighted by Crippen LogP contribution is 2.23. The second-order valence-electron chi connectivity index (χ2n) is 3.59. The molecule has 86 valence electrons. The number of rotatable bonds is 5. The zero-order chi connectivity index (χ0) is 11.4. The van der Waals surface area contributed by atoms with Gasteiger partial charge in [0.25, 0.3) is 0 Å². The van der Waals surface area contributed by atoms with Crippen LogP contribution in [-0.4, -0.2) is 20.6 Å². The van der Waals surface area contributed by atoms with Crippen molar-refractivity contribution >= 4 is 11.3 Å². The van der Waals surface area contributed by atoms with Crippen molar-refractivity contribution in [2.45, 2.75) is 32.9 Å². The molecule has 2 heterocycles. The zero-order valence-corrected chi connectivity index (χ0v) is 10.2. The summed E-state index contributed by atoms with van der Waals surface area (Å²) in [6, 6.07) is 4.69. The summed E-state index contributed by atoms with van der Waals surface area (Å²) >= 11 is 1.85. The number of hydrogen-bond acceptors (Lipinski definition) is 5. The molecule has 2 rings (SSSR count). The van der Waals surface area contributed by atoms with Crippen LogP contribution in [0.15, 0.2) is 12.1 Å². The molecule has 0 aliphatic rings. The van der Waals surface area contributed by atoms with Crippen molar-refractivity contribution in [3.63, 3.8) is 0 Å². The van der Waals surface area contributed by atoms with E-state index in [1.807, 2.05) is 11.3 Å². The number of hydrogen-bond donors (Lipinski definition) is 2. The van der Waals surface area contributed by atoms with Gasteiger partial charge in [0.05, 0.1) is 6.54 Å². The maximum Gasteiger partial charge on any atom is 0.188 e. The molecule has 0 aromatic carbocycles. The van der Waals surface area contributed by atoms with Crippen molar-refractivity contribution in [1.82, 2.24) is 25.9 Å². The Hall–Kier alpha value is -1.27. The molecule has 0 bridgehead atoms. The van der Waals surface area contributed by atoms with Crippen molar-refractivity contribution in [3.05, 3.63) is 27.7 Å². The predicted octanol–water partition coefficient (Wildman–Crippen LogP) is 1.67. The number of thiophene rings is 1. The number of nitrogens with one attached hydrogen (secondary N) is 2. The number of aromatic amines is 1. The quantitative estimate of drug-likeness (QED) is 0.830. The average Bonchev–Trinajstić information content (AvgIpc) is 2.96. The Morgan fingerprint density at radius 2 is 2.38 bits per heavy atom. The first-order valence-corrected chi connectivity index (χ1v) is 6.15. The van der Waals surface area contributed by atoms with E-state index >= 15 is 0 Å². The van der Waals surface area contributed by atoms with Gasteiger partial charge in [0.2, 0.25) is 0 Å². The Kier molecular flexibility index (Phi) is 3.63. The number of nitrogens with zero attached hydrogens (tertiary/aromatic N) is 3. The lowest BCUT2D eigenvalue weighted by atomic mass is 10.2. The van der Waals surface area contributed by atoms with Gasteiger partial charge in [-0.2, -0.15) is 5.21 Å². The highest BCUT2D eigenvalue weighted by atomic mass is 32.1. The molecule has 0 saturated carbocycles. The smallest absolute Gasteiger partial charge is 0.188 e. The van der Waals surface area contributed by atoms with E-state index in [9.17, 15) is 0 Å². The molecule has 0 aliphatic heterocycles. The fourth-order valence-corrected chi connectivity index (χ4v) is 2.40. The molecule has 2 aromatic rings. The van der Waals surface area contributed by atoms with Gasteiger partial charge in [0, 0.05) is 15.8 Å². The highest BCUT2D eigenvalue weighted by Gasteiger charge is 2.08. The third-order valence-corrected chi connectivity index (χ3v) is 3.83. The Morgan fingerprint density at radius 1 is 1.50 bits per heavy atom. The van der Waals surface area contributed by atoms with Gasteiger partial charge >= 0.3 is 0 Å². The zero-order valence-electron chi connectivity index (χ0n) is 9.40. The first-order chi connectivity index (χ1) is 7.79. The molecule has 1 atom stereocenters. The molecule has 2 aromatic heterocycles. The summed E-state index contributed by atoms with van der Waals surface area (Å²) in [6.45, 7) is 4.95. The van der Waals surface area contributed by atoms with Crippen molar-refractivity contribution in [2.75, 3.05) is 0 Å². The van der Waals surface area contributed by atoms with E-state index in [4.69, 9.17) is 0 Å². The van der Waals surface area contributed by atoms with Gasteiger partial charge in [-0.1, -0.05) is 12.1 Å². The molecular formula is C10H15N5S. The van der Waals surface area contributed by atoms with Crippen LogP contribution in [0.25, 0.3) is 0 Å². The minimum absolute atomic E-state index is 0.323. The molecule has 2 N–H and O–H groups in total. The Labute approximate surface area is 98.3 Å². The van der Waals surface area contributed by atoms with E-state index in [1.165, 1.54) is 9.75 Å². The largest absolute Gasteiger partial charge is 0.302 e. The van der Waals surface area contributed by atoms with Crippen LogP contribution in [-0.2, 0) is 13.0 Å². The van der Waals surface area contributed by atoms with Crippen LogP contribution < -0.4 is 5.32 Å². The minimum Gasteiger partial charge on any atom is -0.302 e. The highest BCUT2D eigenvalue weighted by molar-refractivity contribution is 7.12. The summed E-state index contributed by atoms with van der Waals surface area (Å²) < 4.78 is 0. The molecule has 0 aliphatic carbocycles. The Morgan fingerprint density at radius 3 is 3.00 bits per heavy atom. The number of tetrazole rings is 1. The molecule has 5 nitrogen and oxygen atoms in total. The third-order valence-electron chi connectivity index (χ3n) is 2.41. The molecular weight excluding hydrogens is 222 g/mol. The number of aryl methyl sites for hydroxylation is 1. The minimum atomic E-state index is 0.323.